The molecule has 0 aliphatic rings. The Labute approximate surface area is 128 Å². The van der Waals surface area contributed by atoms with Crippen LogP contribution in [0.25, 0.3) is 6.08 Å². The first-order chi connectivity index (χ1) is 9.66. The van der Waals surface area contributed by atoms with Crippen molar-refractivity contribution in [3.63, 3.8) is 0 Å². The maximum absolute atomic E-state index is 11.9. The minimum atomic E-state index is -0.0921. The van der Waals surface area contributed by atoms with Gasteiger partial charge in [-0.1, -0.05) is 76.6 Å². The Hall–Kier alpha value is -1.67. The van der Waals surface area contributed by atoms with Crippen molar-refractivity contribution in [3.05, 3.63) is 76.3 Å². The van der Waals surface area contributed by atoms with E-state index in [0.717, 1.165) is 15.6 Å². The third kappa shape index (κ3) is 4.17. The lowest BCUT2D eigenvalue weighted by atomic mass is 9.92. The topological polar surface area (TPSA) is 17.1 Å². The fraction of sp³-hybridized carbons (Fsp3) is 0.167. The van der Waals surface area contributed by atoms with Gasteiger partial charge in [0.1, 0.15) is 5.78 Å². The molecule has 0 spiro atoms. The molecule has 0 radical (unpaired) electrons. The molecule has 0 heterocycles. The van der Waals surface area contributed by atoms with Crippen molar-refractivity contribution < 1.29 is 4.79 Å². The Morgan fingerprint density at radius 1 is 1.05 bits per heavy atom. The second kappa shape index (κ2) is 7.20. The summed E-state index contributed by atoms with van der Waals surface area (Å²) < 4.78 is 1.03. The van der Waals surface area contributed by atoms with Crippen LogP contribution in [-0.2, 0) is 4.79 Å². The summed E-state index contributed by atoms with van der Waals surface area (Å²) in [6.07, 6.45) is 2.76. The fourth-order valence-electron chi connectivity index (χ4n) is 2.17. The molecule has 2 rings (SSSR count). The predicted octanol–water partition coefficient (Wildman–Crippen LogP) is 5.19. The summed E-state index contributed by atoms with van der Waals surface area (Å²) in [5.41, 5.74) is 2.20. The molecule has 0 aliphatic heterocycles. The highest BCUT2D eigenvalue weighted by Crippen LogP contribution is 2.28. The summed E-state index contributed by atoms with van der Waals surface area (Å²) in [7, 11) is 0. The van der Waals surface area contributed by atoms with Gasteiger partial charge < -0.3 is 0 Å². The Balaban J connectivity index is 2.17. The maximum atomic E-state index is 11.9. The number of hydrogen-bond acceptors (Lipinski definition) is 1. The predicted molar refractivity (Wildman–Crippen MR) is 87.8 cm³/mol. The zero-order valence-corrected chi connectivity index (χ0v) is 13.0. The van der Waals surface area contributed by atoms with Crippen molar-refractivity contribution in [3.8, 4) is 0 Å². The van der Waals surface area contributed by atoms with Crippen molar-refractivity contribution in [2.45, 2.75) is 19.3 Å². The Morgan fingerprint density at radius 2 is 1.60 bits per heavy atom. The molecule has 0 saturated carbocycles. The van der Waals surface area contributed by atoms with Gasteiger partial charge in [0, 0.05) is 5.92 Å². The number of Topliss-reactive ketones (excluding diaryl/α,β-unsaturated/α-hetero) is 1. The van der Waals surface area contributed by atoms with Crippen molar-refractivity contribution in [1.29, 1.82) is 0 Å². The van der Waals surface area contributed by atoms with E-state index in [2.05, 4.69) is 22.0 Å². The average molecular weight is 329 g/mol. The quantitative estimate of drug-likeness (QED) is 0.738. The monoisotopic (exact) mass is 328 g/mol. The molecule has 20 heavy (non-hydrogen) atoms. The summed E-state index contributed by atoms with van der Waals surface area (Å²) in [6.45, 7) is 1.65. The zero-order chi connectivity index (χ0) is 14.4. The summed E-state index contributed by atoms with van der Waals surface area (Å²) >= 11 is 3.59. The van der Waals surface area contributed by atoms with Crippen molar-refractivity contribution in [1.82, 2.24) is 0 Å². The third-order valence-corrected chi connectivity index (χ3v) is 3.77. The first kappa shape index (κ1) is 14.7. The van der Waals surface area contributed by atoms with Gasteiger partial charge in [-0.25, -0.2) is 0 Å². The van der Waals surface area contributed by atoms with E-state index in [0.29, 0.717) is 6.42 Å². The molecule has 2 aromatic carbocycles. The van der Waals surface area contributed by atoms with Crippen LogP contribution in [0.5, 0.6) is 0 Å². The molecule has 0 aliphatic carbocycles. The van der Waals surface area contributed by atoms with Crippen LogP contribution in [-0.4, -0.2) is 5.78 Å². The molecule has 1 unspecified atom stereocenters. The van der Waals surface area contributed by atoms with Gasteiger partial charge in [0.15, 0.2) is 0 Å². The zero-order valence-electron chi connectivity index (χ0n) is 11.4. The van der Waals surface area contributed by atoms with Gasteiger partial charge in [0.05, 0.1) is 0 Å². The summed E-state index contributed by atoms with van der Waals surface area (Å²) in [5, 5.41) is 0. The molecule has 1 nitrogen and oxygen atoms in total. The van der Waals surface area contributed by atoms with E-state index in [-0.39, 0.29) is 11.7 Å². The number of rotatable bonds is 5. The van der Waals surface area contributed by atoms with Crippen LogP contribution in [0, 0.1) is 0 Å². The molecular formula is C18H17BrO. The lowest BCUT2D eigenvalue weighted by molar-refractivity contribution is -0.118. The lowest BCUT2D eigenvalue weighted by Gasteiger charge is -2.14. The second-order valence-corrected chi connectivity index (χ2v) is 5.80. The van der Waals surface area contributed by atoms with Gasteiger partial charge in [0.2, 0.25) is 0 Å². The Bertz CT molecular complexity index is 587. The Morgan fingerprint density at radius 3 is 2.15 bits per heavy atom. The normalized spacial score (nSPS) is 13.0. The molecule has 0 amide bonds. The molecule has 0 bridgehead atoms. The first-order valence-corrected chi connectivity index (χ1v) is 7.42. The van der Waals surface area contributed by atoms with E-state index >= 15 is 0 Å². The van der Waals surface area contributed by atoms with E-state index in [1.165, 1.54) is 0 Å². The molecule has 102 valence electrons. The Kier molecular flexibility index (Phi) is 5.31. The van der Waals surface area contributed by atoms with Crippen LogP contribution < -0.4 is 0 Å². The number of halogens is 1. The van der Waals surface area contributed by atoms with Crippen LogP contribution in [0.2, 0.25) is 0 Å². The molecule has 0 aromatic heterocycles. The molecule has 2 aromatic rings. The van der Waals surface area contributed by atoms with Crippen LogP contribution in [0.3, 0.4) is 0 Å². The van der Waals surface area contributed by atoms with Crippen LogP contribution >= 0.6 is 15.9 Å². The molecule has 2 heteroatoms. The molecule has 0 saturated heterocycles. The standard InChI is InChI=1S/C18H17BrO/c1-14(20)18(16-10-6-3-7-11-16)13-17(19)12-15-8-4-2-5-9-15/h2-12,18H,13H2,1H3/b17-12-. The highest BCUT2D eigenvalue weighted by molar-refractivity contribution is 9.11. The largest absolute Gasteiger partial charge is 0.299 e. The highest BCUT2D eigenvalue weighted by Gasteiger charge is 2.17. The van der Waals surface area contributed by atoms with Gasteiger partial charge >= 0.3 is 0 Å². The summed E-state index contributed by atoms with van der Waals surface area (Å²) in [4.78, 5) is 11.9. The second-order valence-electron chi connectivity index (χ2n) is 4.78. The van der Waals surface area contributed by atoms with Crippen LogP contribution in [0.4, 0.5) is 0 Å². The summed E-state index contributed by atoms with van der Waals surface area (Å²) in [6, 6.07) is 20.0. The van der Waals surface area contributed by atoms with E-state index in [9.17, 15) is 4.79 Å². The minimum Gasteiger partial charge on any atom is -0.299 e. The number of allylic oxidation sites excluding steroid dienone is 1. The van der Waals surface area contributed by atoms with Gasteiger partial charge in [0.25, 0.3) is 0 Å². The van der Waals surface area contributed by atoms with Gasteiger partial charge in [-0.3, -0.25) is 4.79 Å². The van der Waals surface area contributed by atoms with Crippen LogP contribution in [0.1, 0.15) is 30.4 Å². The number of carbonyl (C=O) groups is 1. The van der Waals surface area contributed by atoms with E-state index in [1.807, 2.05) is 60.7 Å². The number of benzene rings is 2. The van der Waals surface area contributed by atoms with E-state index in [4.69, 9.17) is 0 Å². The number of ketones is 1. The van der Waals surface area contributed by atoms with Crippen molar-refractivity contribution in [2.75, 3.05) is 0 Å². The van der Waals surface area contributed by atoms with E-state index in [1.54, 1.807) is 6.92 Å². The summed E-state index contributed by atoms with van der Waals surface area (Å²) in [5.74, 6) is 0.0974. The van der Waals surface area contributed by atoms with Gasteiger partial charge in [-0.2, -0.15) is 0 Å². The van der Waals surface area contributed by atoms with Crippen LogP contribution in [0.15, 0.2) is 65.1 Å². The first-order valence-electron chi connectivity index (χ1n) is 6.63. The maximum Gasteiger partial charge on any atom is 0.137 e. The minimum absolute atomic E-state index is 0.0921. The van der Waals surface area contributed by atoms with Gasteiger partial charge in [-0.15, -0.1) is 0 Å². The fourth-order valence-corrected chi connectivity index (χ4v) is 2.75. The van der Waals surface area contributed by atoms with Gasteiger partial charge in [-0.05, 0) is 35.0 Å². The average Bonchev–Trinajstić information content (AvgIpc) is 2.46. The van der Waals surface area contributed by atoms with Crippen molar-refractivity contribution >= 4 is 27.8 Å². The molecular weight excluding hydrogens is 312 g/mol. The highest BCUT2D eigenvalue weighted by atomic mass is 79.9. The number of hydrogen-bond donors (Lipinski definition) is 0. The third-order valence-electron chi connectivity index (χ3n) is 3.21. The SMILES string of the molecule is CC(=O)C(C/C(Br)=C/c1ccccc1)c1ccccc1. The van der Waals surface area contributed by atoms with E-state index < -0.39 is 0 Å². The smallest absolute Gasteiger partial charge is 0.137 e. The number of carbonyl (C=O) groups excluding carboxylic acids is 1. The molecule has 0 fully saturated rings. The lowest BCUT2D eigenvalue weighted by Crippen LogP contribution is -2.08. The van der Waals surface area contributed by atoms with Crippen molar-refractivity contribution in [2.24, 2.45) is 0 Å². The molecule has 1 atom stereocenters. The molecule has 0 N–H and O–H groups in total.